The van der Waals surface area contributed by atoms with Gasteiger partial charge in [0.05, 0.1) is 6.26 Å². The summed E-state index contributed by atoms with van der Waals surface area (Å²) < 4.78 is 5.54. The minimum absolute atomic E-state index is 0.406. The number of hydrogen-bond donors (Lipinski definition) is 1. The van der Waals surface area contributed by atoms with Gasteiger partial charge in [-0.2, -0.15) is 0 Å². The van der Waals surface area contributed by atoms with E-state index < -0.39 is 0 Å². The summed E-state index contributed by atoms with van der Waals surface area (Å²) in [6.07, 6.45) is 9.54. The van der Waals surface area contributed by atoms with Gasteiger partial charge < -0.3 is 9.73 Å². The van der Waals surface area contributed by atoms with E-state index in [0.29, 0.717) is 17.6 Å². The maximum absolute atomic E-state index is 5.54. The first kappa shape index (κ1) is 14.2. The van der Waals surface area contributed by atoms with Crippen LogP contribution in [-0.4, -0.2) is 35.6 Å². The Bertz CT molecular complexity index is 409. The van der Waals surface area contributed by atoms with Crippen molar-refractivity contribution < 1.29 is 4.42 Å². The van der Waals surface area contributed by atoms with Crippen LogP contribution in [0.25, 0.3) is 0 Å². The number of rotatable bonds is 4. The maximum atomic E-state index is 5.54. The zero-order chi connectivity index (χ0) is 14.0. The van der Waals surface area contributed by atoms with Gasteiger partial charge in [0, 0.05) is 37.1 Å². The van der Waals surface area contributed by atoms with E-state index in [1.54, 1.807) is 6.26 Å². The van der Waals surface area contributed by atoms with Crippen LogP contribution in [0.5, 0.6) is 0 Å². The minimum Gasteiger partial charge on any atom is -0.469 e. The molecule has 2 fully saturated rings. The monoisotopic (exact) mass is 276 g/mol. The first-order valence-electron chi connectivity index (χ1n) is 8.25. The van der Waals surface area contributed by atoms with Gasteiger partial charge in [-0.1, -0.05) is 19.8 Å². The number of hydrogen-bond acceptors (Lipinski definition) is 3. The molecule has 0 aromatic carbocycles. The molecule has 1 N–H and O–H groups in total. The molecule has 1 spiro atoms. The highest BCUT2D eigenvalue weighted by Gasteiger charge is 2.41. The van der Waals surface area contributed by atoms with Crippen LogP contribution in [0.1, 0.15) is 51.7 Å². The van der Waals surface area contributed by atoms with E-state index in [1.807, 2.05) is 6.07 Å². The molecule has 1 saturated carbocycles. The highest BCUT2D eigenvalue weighted by Crippen LogP contribution is 2.34. The Morgan fingerprint density at radius 3 is 2.90 bits per heavy atom. The third-order valence-corrected chi connectivity index (χ3v) is 5.34. The summed E-state index contributed by atoms with van der Waals surface area (Å²) in [6.45, 7) is 7.04. The largest absolute Gasteiger partial charge is 0.469 e. The van der Waals surface area contributed by atoms with Gasteiger partial charge in [-0.3, -0.25) is 4.90 Å². The quantitative estimate of drug-likeness (QED) is 0.915. The zero-order valence-corrected chi connectivity index (χ0v) is 12.9. The summed E-state index contributed by atoms with van der Waals surface area (Å²) in [4.78, 5) is 2.74. The molecule has 3 heteroatoms. The Morgan fingerprint density at radius 1 is 1.45 bits per heavy atom. The molecule has 0 bridgehead atoms. The van der Waals surface area contributed by atoms with Crippen LogP contribution in [0.3, 0.4) is 0 Å². The highest BCUT2D eigenvalue weighted by molar-refractivity contribution is 5.05. The Morgan fingerprint density at radius 2 is 2.25 bits per heavy atom. The van der Waals surface area contributed by atoms with Crippen molar-refractivity contribution in [1.29, 1.82) is 0 Å². The lowest BCUT2D eigenvalue weighted by Crippen LogP contribution is -2.65. The van der Waals surface area contributed by atoms with Gasteiger partial charge >= 0.3 is 0 Å². The number of nitrogens with one attached hydrogen (secondary N) is 1. The van der Waals surface area contributed by atoms with Crippen LogP contribution in [0, 0.1) is 0 Å². The van der Waals surface area contributed by atoms with Crippen LogP contribution in [0.4, 0.5) is 0 Å². The van der Waals surface area contributed by atoms with E-state index in [2.05, 4.69) is 30.1 Å². The smallest absolute Gasteiger partial charge is 0.105 e. The average Bonchev–Trinajstić information content (AvgIpc) is 3.11. The van der Waals surface area contributed by atoms with Crippen molar-refractivity contribution in [3.63, 3.8) is 0 Å². The highest BCUT2D eigenvalue weighted by atomic mass is 16.3. The van der Waals surface area contributed by atoms with E-state index in [0.717, 1.165) is 18.7 Å². The summed E-state index contributed by atoms with van der Waals surface area (Å²) in [7, 11) is 0. The molecule has 1 aromatic rings. The molecule has 3 rings (SSSR count). The van der Waals surface area contributed by atoms with Crippen molar-refractivity contribution in [3.8, 4) is 0 Å². The van der Waals surface area contributed by atoms with Gasteiger partial charge in [-0.25, -0.2) is 0 Å². The van der Waals surface area contributed by atoms with Crippen LogP contribution in [0.2, 0.25) is 0 Å². The van der Waals surface area contributed by atoms with Crippen molar-refractivity contribution in [2.45, 2.75) is 70.0 Å². The second kappa shape index (κ2) is 5.90. The topological polar surface area (TPSA) is 28.4 Å². The Labute approximate surface area is 122 Å². The normalized spacial score (nSPS) is 28.0. The summed E-state index contributed by atoms with van der Waals surface area (Å²) in [5.41, 5.74) is 0.406. The molecule has 2 atom stereocenters. The molecule has 112 valence electrons. The molecule has 1 saturated heterocycles. The predicted octanol–water partition coefficient (Wildman–Crippen LogP) is 3.21. The third-order valence-electron chi connectivity index (χ3n) is 5.34. The van der Waals surface area contributed by atoms with E-state index >= 15 is 0 Å². The van der Waals surface area contributed by atoms with Gasteiger partial charge in [0.25, 0.3) is 0 Å². The van der Waals surface area contributed by atoms with Gasteiger partial charge in [-0.15, -0.1) is 0 Å². The summed E-state index contributed by atoms with van der Waals surface area (Å²) in [5, 5.41) is 3.87. The van der Waals surface area contributed by atoms with E-state index in [4.69, 9.17) is 4.42 Å². The molecule has 1 aromatic heterocycles. The second-order valence-corrected chi connectivity index (χ2v) is 6.74. The Kier molecular flexibility index (Phi) is 4.18. The molecule has 3 nitrogen and oxygen atoms in total. The van der Waals surface area contributed by atoms with Gasteiger partial charge in [0.2, 0.25) is 0 Å². The van der Waals surface area contributed by atoms with Gasteiger partial charge in [-0.05, 0) is 38.3 Å². The maximum Gasteiger partial charge on any atom is 0.105 e. The van der Waals surface area contributed by atoms with E-state index in [-0.39, 0.29) is 0 Å². The lowest BCUT2D eigenvalue weighted by molar-refractivity contribution is 0.0451. The SMILES string of the molecule is CCC1CNC2(CCCC2)CN1C(C)Cc1ccco1. The molecule has 0 radical (unpaired) electrons. The van der Waals surface area contributed by atoms with Crippen LogP contribution < -0.4 is 5.32 Å². The first-order valence-corrected chi connectivity index (χ1v) is 8.25. The first-order chi connectivity index (χ1) is 9.72. The van der Waals surface area contributed by atoms with Gasteiger partial charge in [0.15, 0.2) is 0 Å². The molecule has 0 amide bonds. The number of furan rings is 1. The lowest BCUT2D eigenvalue weighted by atomic mass is 9.90. The number of piperazine rings is 1. The van der Waals surface area contributed by atoms with Crippen molar-refractivity contribution >= 4 is 0 Å². The molecular weight excluding hydrogens is 248 g/mol. The number of nitrogens with zero attached hydrogens (tertiary/aromatic N) is 1. The van der Waals surface area contributed by atoms with Crippen molar-refractivity contribution in [2.75, 3.05) is 13.1 Å². The fourth-order valence-electron chi connectivity index (χ4n) is 4.10. The van der Waals surface area contributed by atoms with Crippen molar-refractivity contribution in [2.24, 2.45) is 0 Å². The predicted molar refractivity (Wildman–Crippen MR) is 81.9 cm³/mol. The molecule has 2 unspecified atom stereocenters. The summed E-state index contributed by atoms with van der Waals surface area (Å²) >= 11 is 0. The van der Waals surface area contributed by atoms with Crippen molar-refractivity contribution in [3.05, 3.63) is 24.2 Å². The van der Waals surface area contributed by atoms with E-state index in [9.17, 15) is 0 Å². The van der Waals surface area contributed by atoms with E-state index in [1.165, 1.54) is 38.6 Å². The zero-order valence-electron chi connectivity index (χ0n) is 12.9. The fraction of sp³-hybridized carbons (Fsp3) is 0.765. The second-order valence-electron chi connectivity index (χ2n) is 6.74. The molecule has 1 aliphatic heterocycles. The lowest BCUT2D eigenvalue weighted by Gasteiger charge is -2.48. The Balaban J connectivity index is 1.69. The molecule has 20 heavy (non-hydrogen) atoms. The molecular formula is C17H28N2O. The minimum atomic E-state index is 0.406. The molecule has 2 heterocycles. The van der Waals surface area contributed by atoms with Crippen molar-refractivity contribution in [1.82, 2.24) is 10.2 Å². The summed E-state index contributed by atoms with van der Waals surface area (Å²) in [5.74, 6) is 1.12. The Hall–Kier alpha value is -0.800. The van der Waals surface area contributed by atoms with Gasteiger partial charge in [0.1, 0.15) is 5.76 Å². The molecule has 2 aliphatic rings. The van der Waals surface area contributed by atoms with Crippen LogP contribution >= 0.6 is 0 Å². The van der Waals surface area contributed by atoms with Crippen LogP contribution in [-0.2, 0) is 6.42 Å². The standard InChI is InChI=1S/C17H28N2O/c1-3-15-12-18-17(8-4-5-9-17)13-19(15)14(2)11-16-7-6-10-20-16/h6-7,10,14-15,18H,3-5,8-9,11-13H2,1-2H3. The molecule has 1 aliphatic carbocycles. The third kappa shape index (κ3) is 2.79. The average molecular weight is 276 g/mol. The summed E-state index contributed by atoms with van der Waals surface area (Å²) in [6, 6.07) is 5.33. The fourth-order valence-corrected chi connectivity index (χ4v) is 4.10. The van der Waals surface area contributed by atoms with Crippen LogP contribution in [0.15, 0.2) is 22.8 Å².